The minimum atomic E-state index is -0.112. The van der Waals surface area contributed by atoms with E-state index in [-0.39, 0.29) is 5.41 Å². The highest BCUT2D eigenvalue weighted by Crippen LogP contribution is 2.32. The molecule has 6 heteroatoms. The number of aryl methyl sites for hydroxylation is 1. The Morgan fingerprint density at radius 2 is 1.88 bits per heavy atom. The van der Waals surface area contributed by atoms with E-state index in [4.69, 9.17) is 8.94 Å². The molecule has 1 aliphatic heterocycles. The van der Waals surface area contributed by atoms with Gasteiger partial charge in [0.25, 0.3) is 5.89 Å². The maximum Gasteiger partial charge on any atom is 0.270 e. The third-order valence-electron chi connectivity index (χ3n) is 4.57. The lowest BCUT2D eigenvalue weighted by atomic mass is 9.93. The highest BCUT2D eigenvalue weighted by molar-refractivity contribution is 5.65. The van der Waals surface area contributed by atoms with Crippen LogP contribution in [-0.4, -0.2) is 28.9 Å². The van der Waals surface area contributed by atoms with Crippen LogP contribution in [0.4, 0.5) is 5.69 Å². The lowest BCUT2D eigenvalue weighted by molar-refractivity contribution is 0.329. The molecular weight excluding hydrogens is 316 g/mol. The van der Waals surface area contributed by atoms with Crippen LogP contribution in [0.5, 0.6) is 0 Å². The number of anilines is 1. The van der Waals surface area contributed by atoms with Gasteiger partial charge in [-0.05, 0) is 36.6 Å². The molecule has 4 rings (SSSR count). The summed E-state index contributed by atoms with van der Waals surface area (Å²) in [5.41, 5.74) is 4.00. The highest BCUT2D eigenvalue weighted by Gasteiger charge is 2.23. The van der Waals surface area contributed by atoms with Gasteiger partial charge in [0.1, 0.15) is 5.76 Å². The molecule has 3 heterocycles. The highest BCUT2D eigenvalue weighted by atomic mass is 16.5. The molecule has 0 saturated carbocycles. The summed E-state index contributed by atoms with van der Waals surface area (Å²) in [5, 5.41) is 12.4. The third-order valence-corrected chi connectivity index (χ3v) is 4.57. The van der Waals surface area contributed by atoms with Crippen molar-refractivity contribution in [1.29, 1.82) is 0 Å². The van der Waals surface area contributed by atoms with Crippen LogP contribution >= 0.6 is 0 Å². The summed E-state index contributed by atoms with van der Waals surface area (Å²) >= 11 is 0. The first-order valence-corrected chi connectivity index (χ1v) is 8.57. The van der Waals surface area contributed by atoms with Crippen molar-refractivity contribution in [3.05, 3.63) is 35.6 Å². The molecule has 6 nitrogen and oxygen atoms in total. The number of nitrogens with zero attached hydrogens (tertiary/aromatic N) is 4. The van der Waals surface area contributed by atoms with E-state index in [2.05, 4.69) is 60.2 Å². The Bertz CT molecular complexity index is 904. The first-order chi connectivity index (χ1) is 11.9. The molecule has 0 amide bonds. The Labute approximate surface area is 146 Å². The molecule has 0 N–H and O–H groups in total. The van der Waals surface area contributed by atoms with Crippen molar-refractivity contribution in [3.63, 3.8) is 0 Å². The Kier molecular flexibility index (Phi) is 3.63. The maximum absolute atomic E-state index is 5.84. The summed E-state index contributed by atoms with van der Waals surface area (Å²) < 4.78 is 11.2. The summed E-state index contributed by atoms with van der Waals surface area (Å²) in [6, 6.07) is 8.16. The van der Waals surface area contributed by atoms with E-state index in [1.807, 2.05) is 12.1 Å². The fraction of sp³-hybridized carbons (Fsp3) is 0.421. The smallest absolute Gasteiger partial charge is 0.270 e. The van der Waals surface area contributed by atoms with Gasteiger partial charge in [-0.15, -0.1) is 10.2 Å². The first kappa shape index (κ1) is 15.9. The van der Waals surface area contributed by atoms with E-state index in [0.717, 1.165) is 30.7 Å². The standard InChI is InChI=1S/C19H22N4O2/c1-19(2,3)16-11-14(22-25-16)18-21-20-17(24-18)13-7-8-15-12(10-13)6-5-9-23(15)4/h7-8,10-11H,5-6,9H2,1-4H3. The van der Waals surface area contributed by atoms with Crippen LogP contribution in [0.1, 0.15) is 38.5 Å². The van der Waals surface area contributed by atoms with Gasteiger partial charge in [0.2, 0.25) is 5.89 Å². The molecule has 0 unspecified atom stereocenters. The van der Waals surface area contributed by atoms with Gasteiger partial charge in [-0.2, -0.15) is 0 Å². The van der Waals surface area contributed by atoms with Crippen LogP contribution in [0.15, 0.2) is 33.2 Å². The van der Waals surface area contributed by atoms with Gasteiger partial charge in [0.15, 0.2) is 5.69 Å². The average Bonchev–Trinajstić information content (AvgIpc) is 3.23. The topological polar surface area (TPSA) is 68.2 Å². The molecular formula is C19H22N4O2. The van der Waals surface area contributed by atoms with Crippen molar-refractivity contribution in [2.75, 3.05) is 18.5 Å². The van der Waals surface area contributed by atoms with Crippen LogP contribution in [0.3, 0.4) is 0 Å². The number of hydrogen-bond acceptors (Lipinski definition) is 6. The van der Waals surface area contributed by atoms with Crippen LogP contribution < -0.4 is 4.90 Å². The number of rotatable bonds is 2. The van der Waals surface area contributed by atoms with E-state index in [0.29, 0.717) is 17.5 Å². The van der Waals surface area contributed by atoms with Crippen molar-refractivity contribution in [2.24, 2.45) is 0 Å². The molecule has 0 saturated heterocycles. The Morgan fingerprint density at radius 1 is 1.08 bits per heavy atom. The van der Waals surface area contributed by atoms with E-state index in [9.17, 15) is 0 Å². The Hall–Kier alpha value is -2.63. The summed E-state index contributed by atoms with van der Waals surface area (Å²) in [6.07, 6.45) is 2.24. The molecule has 130 valence electrons. The van der Waals surface area contributed by atoms with Gasteiger partial charge >= 0.3 is 0 Å². The number of aromatic nitrogens is 3. The first-order valence-electron chi connectivity index (χ1n) is 8.57. The monoisotopic (exact) mass is 338 g/mol. The second kappa shape index (κ2) is 5.72. The van der Waals surface area contributed by atoms with Crippen LogP contribution in [0, 0.1) is 0 Å². The van der Waals surface area contributed by atoms with Gasteiger partial charge in [0, 0.05) is 36.3 Å². The van der Waals surface area contributed by atoms with Gasteiger partial charge < -0.3 is 13.8 Å². The Morgan fingerprint density at radius 3 is 2.64 bits per heavy atom. The zero-order chi connectivity index (χ0) is 17.6. The van der Waals surface area contributed by atoms with E-state index in [1.165, 1.54) is 11.3 Å². The number of hydrogen-bond donors (Lipinski definition) is 0. The lowest BCUT2D eigenvalue weighted by Gasteiger charge is -2.27. The van der Waals surface area contributed by atoms with Crippen molar-refractivity contribution >= 4 is 5.69 Å². The van der Waals surface area contributed by atoms with Crippen molar-refractivity contribution in [3.8, 4) is 23.0 Å². The molecule has 0 radical (unpaired) electrons. The minimum absolute atomic E-state index is 0.112. The summed E-state index contributed by atoms with van der Waals surface area (Å²) in [4.78, 5) is 2.28. The lowest BCUT2D eigenvalue weighted by Crippen LogP contribution is -2.24. The zero-order valence-corrected chi connectivity index (χ0v) is 15.0. The largest absolute Gasteiger partial charge is 0.414 e. The maximum atomic E-state index is 5.84. The SMILES string of the molecule is CN1CCCc2cc(-c3nnc(-c4cc(C(C)(C)C)on4)o3)ccc21. The molecule has 1 aliphatic rings. The molecule has 25 heavy (non-hydrogen) atoms. The summed E-state index contributed by atoms with van der Waals surface area (Å²) in [6.45, 7) is 7.31. The number of fused-ring (bicyclic) bond motifs is 1. The molecule has 0 spiro atoms. The van der Waals surface area contributed by atoms with Gasteiger partial charge in [-0.1, -0.05) is 25.9 Å². The predicted octanol–water partition coefficient (Wildman–Crippen LogP) is 4.07. The number of benzene rings is 1. The van der Waals surface area contributed by atoms with Gasteiger partial charge in [0.05, 0.1) is 0 Å². The predicted molar refractivity (Wildman–Crippen MR) is 95.5 cm³/mol. The average molecular weight is 338 g/mol. The summed E-state index contributed by atoms with van der Waals surface area (Å²) in [5.74, 6) is 1.68. The normalized spacial score (nSPS) is 14.6. The molecule has 0 fully saturated rings. The van der Waals surface area contributed by atoms with Gasteiger partial charge in [-0.3, -0.25) is 0 Å². The molecule has 1 aromatic carbocycles. The van der Waals surface area contributed by atoms with Gasteiger partial charge in [-0.25, -0.2) is 0 Å². The van der Waals surface area contributed by atoms with Crippen molar-refractivity contribution in [1.82, 2.24) is 15.4 Å². The van der Waals surface area contributed by atoms with E-state index < -0.39 is 0 Å². The molecule has 2 aromatic heterocycles. The summed E-state index contributed by atoms with van der Waals surface area (Å²) in [7, 11) is 2.12. The third kappa shape index (κ3) is 2.92. The minimum Gasteiger partial charge on any atom is -0.414 e. The zero-order valence-electron chi connectivity index (χ0n) is 15.0. The molecule has 3 aromatic rings. The van der Waals surface area contributed by atoms with Crippen LogP contribution in [0.25, 0.3) is 23.0 Å². The van der Waals surface area contributed by atoms with E-state index >= 15 is 0 Å². The van der Waals surface area contributed by atoms with E-state index in [1.54, 1.807) is 0 Å². The second-order valence-corrected chi connectivity index (χ2v) is 7.61. The Balaban J connectivity index is 1.64. The molecule has 0 bridgehead atoms. The fourth-order valence-electron chi connectivity index (χ4n) is 3.09. The van der Waals surface area contributed by atoms with Crippen LogP contribution in [-0.2, 0) is 11.8 Å². The quantitative estimate of drug-likeness (QED) is 0.701. The second-order valence-electron chi connectivity index (χ2n) is 7.61. The van der Waals surface area contributed by atoms with Crippen LogP contribution in [0.2, 0.25) is 0 Å². The van der Waals surface area contributed by atoms with Crippen molar-refractivity contribution in [2.45, 2.75) is 39.0 Å². The van der Waals surface area contributed by atoms with Crippen molar-refractivity contribution < 1.29 is 8.94 Å². The molecule has 0 atom stereocenters. The fourth-order valence-corrected chi connectivity index (χ4v) is 3.09. The molecule has 0 aliphatic carbocycles.